The van der Waals surface area contributed by atoms with Gasteiger partial charge in [0.05, 0.1) is 23.6 Å². The van der Waals surface area contributed by atoms with Gasteiger partial charge in [0.15, 0.2) is 0 Å². The number of carbonyl (C=O) groups is 1. The van der Waals surface area contributed by atoms with E-state index in [-0.39, 0.29) is 11.6 Å². The number of benzene rings is 2. The van der Waals surface area contributed by atoms with Crippen LogP contribution in [0.5, 0.6) is 0 Å². The highest BCUT2D eigenvalue weighted by Crippen LogP contribution is 2.18. The topological polar surface area (TPSA) is 90.7 Å². The number of anilines is 2. The average Bonchev–Trinajstić information content (AvgIpc) is 2.68. The first kappa shape index (κ1) is 17.4. The summed E-state index contributed by atoms with van der Waals surface area (Å²) in [4.78, 5) is 20.5. The lowest BCUT2D eigenvalue weighted by Gasteiger charge is -2.08. The van der Waals surface area contributed by atoms with Crippen molar-refractivity contribution in [3.63, 3.8) is 0 Å². The van der Waals surface area contributed by atoms with E-state index in [4.69, 9.17) is 16.9 Å². The quantitative estimate of drug-likeness (QED) is 0.721. The number of nitrogens with one attached hydrogen (secondary N) is 2. The van der Waals surface area contributed by atoms with E-state index in [1.54, 1.807) is 24.3 Å². The largest absolute Gasteiger partial charge is 0.347 e. The summed E-state index contributed by atoms with van der Waals surface area (Å²) < 4.78 is 0. The predicted octanol–water partition coefficient (Wildman–Crippen LogP) is 3.68. The average molecular weight is 364 g/mol. The number of hydrogen-bond donors (Lipinski definition) is 2. The number of carbonyl (C=O) groups excluding carboxylic acids is 1. The molecule has 3 rings (SSSR count). The van der Waals surface area contributed by atoms with Gasteiger partial charge in [-0.3, -0.25) is 4.79 Å². The molecule has 1 amide bonds. The maximum atomic E-state index is 12.2. The van der Waals surface area contributed by atoms with Crippen molar-refractivity contribution in [3.05, 3.63) is 82.8 Å². The smallest absolute Gasteiger partial charge is 0.271 e. The van der Waals surface area contributed by atoms with Crippen LogP contribution in [0, 0.1) is 11.3 Å². The van der Waals surface area contributed by atoms with E-state index in [1.807, 2.05) is 24.3 Å². The molecule has 1 heterocycles. The van der Waals surface area contributed by atoms with Gasteiger partial charge in [-0.15, -0.1) is 0 Å². The van der Waals surface area contributed by atoms with Crippen molar-refractivity contribution in [1.29, 1.82) is 5.26 Å². The molecule has 3 aromatic rings. The third-order valence-electron chi connectivity index (χ3n) is 3.59. The Morgan fingerprint density at radius 3 is 2.58 bits per heavy atom. The summed E-state index contributed by atoms with van der Waals surface area (Å²) in [5.74, 6) is 0.0942. The second-order valence-corrected chi connectivity index (χ2v) is 5.75. The molecule has 0 radical (unpaired) electrons. The van der Waals surface area contributed by atoms with E-state index in [2.05, 4.69) is 26.7 Å². The molecule has 0 unspecified atom stereocenters. The Hall–Kier alpha value is -3.43. The van der Waals surface area contributed by atoms with Crippen LogP contribution in [-0.2, 0) is 6.54 Å². The molecule has 0 aliphatic heterocycles. The zero-order chi connectivity index (χ0) is 18.4. The van der Waals surface area contributed by atoms with Gasteiger partial charge in [0, 0.05) is 11.6 Å². The third-order valence-corrected chi connectivity index (χ3v) is 3.96. The fourth-order valence-electron chi connectivity index (χ4n) is 2.25. The molecule has 0 aliphatic carbocycles. The molecule has 0 atom stereocenters. The Morgan fingerprint density at radius 2 is 1.85 bits per heavy atom. The summed E-state index contributed by atoms with van der Waals surface area (Å²) in [6, 6.07) is 16.4. The van der Waals surface area contributed by atoms with E-state index in [9.17, 15) is 4.79 Å². The minimum Gasteiger partial charge on any atom is -0.347 e. The minimum absolute atomic E-state index is 0.191. The zero-order valence-electron chi connectivity index (χ0n) is 13.6. The number of hydrogen-bond acceptors (Lipinski definition) is 5. The van der Waals surface area contributed by atoms with E-state index in [0.29, 0.717) is 28.6 Å². The van der Waals surface area contributed by atoms with Gasteiger partial charge in [0.1, 0.15) is 17.6 Å². The summed E-state index contributed by atoms with van der Waals surface area (Å²) >= 11 is 6.07. The molecule has 2 N–H and O–H groups in total. The van der Waals surface area contributed by atoms with Gasteiger partial charge >= 0.3 is 0 Å². The highest BCUT2D eigenvalue weighted by molar-refractivity contribution is 6.31. The number of aromatic nitrogens is 2. The molecule has 0 saturated carbocycles. The van der Waals surface area contributed by atoms with Crippen LogP contribution in [-0.4, -0.2) is 15.9 Å². The monoisotopic (exact) mass is 363 g/mol. The zero-order valence-corrected chi connectivity index (χ0v) is 14.4. The molecular weight excluding hydrogens is 350 g/mol. The standard InChI is InChI=1S/C19H14ClN5O/c20-15-7-3-1-6-14(15)10-24-19(26)17-11-23-18(12-22-17)25-16-8-4-2-5-13(16)9-21/h1-8,11-12H,10H2,(H,23,25)(H,24,26). The first-order valence-electron chi connectivity index (χ1n) is 7.77. The molecule has 1 aromatic heterocycles. The molecule has 6 nitrogen and oxygen atoms in total. The fourth-order valence-corrected chi connectivity index (χ4v) is 2.45. The lowest BCUT2D eigenvalue weighted by atomic mass is 10.2. The molecule has 26 heavy (non-hydrogen) atoms. The maximum Gasteiger partial charge on any atom is 0.271 e. The molecule has 2 aromatic carbocycles. The number of rotatable bonds is 5. The van der Waals surface area contributed by atoms with Crippen LogP contribution >= 0.6 is 11.6 Å². The Labute approximate surface area is 155 Å². The number of nitrogens with zero attached hydrogens (tertiary/aromatic N) is 3. The summed E-state index contributed by atoms with van der Waals surface area (Å²) in [6.07, 6.45) is 2.82. The molecule has 7 heteroatoms. The summed E-state index contributed by atoms with van der Waals surface area (Å²) in [5.41, 5.74) is 2.13. The van der Waals surface area contributed by atoms with Gasteiger partial charge in [0.2, 0.25) is 0 Å². The van der Waals surface area contributed by atoms with Crippen LogP contribution in [0.4, 0.5) is 11.5 Å². The highest BCUT2D eigenvalue weighted by Gasteiger charge is 2.09. The van der Waals surface area contributed by atoms with Crippen LogP contribution in [0.15, 0.2) is 60.9 Å². The number of amides is 1. The Morgan fingerprint density at radius 1 is 1.08 bits per heavy atom. The van der Waals surface area contributed by atoms with Crippen molar-refractivity contribution in [2.24, 2.45) is 0 Å². The number of nitriles is 1. The third kappa shape index (κ3) is 4.15. The Balaban J connectivity index is 1.65. The van der Waals surface area contributed by atoms with Gasteiger partial charge in [-0.25, -0.2) is 9.97 Å². The van der Waals surface area contributed by atoms with Crippen molar-refractivity contribution in [2.45, 2.75) is 6.54 Å². The van der Waals surface area contributed by atoms with Crippen molar-refractivity contribution in [1.82, 2.24) is 15.3 Å². The molecule has 0 bridgehead atoms. The summed E-state index contributed by atoms with van der Waals surface area (Å²) in [7, 11) is 0. The lowest BCUT2D eigenvalue weighted by molar-refractivity contribution is 0.0945. The molecule has 0 spiro atoms. The van der Waals surface area contributed by atoms with Crippen LogP contribution < -0.4 is 10.6 Å². The van der Waals surface area contributed by atoms with Crippen molar-refractivity contribution in [2.75, 3.05) is 5.32 Å². The molecular formula is C19H14ClN5O. The fraction of sp³-hybridized carbons (Fsp3) is 0.0526. The molecule has 0 fully saturated rings. The van der Waals surface area contributed by atoms with Gasteiger partial charge in [-0.2, -0.15) is 5.26 Å². The van der Waals surface area contributed by atoms with Crippen molar-refractivity contribution in [3.8, 4) is 6.07 Å². The molecule has 0 aliphatic rings. The maximum absolute atomic E-state index is 12.2. The van der Waals surface area contributed by atoms with Crippen molar-refractivity contribution < 1.29 is 4.79 Å². The van der Waals surface area contributed by atoms with Crippen molar-refractivity contribution >= 4 is 29.0 Å². The SMILES string of the molecule is N#Cc1ccccc1Nc1cnc(C(=O)NCc2ccccc2Cl)cn1. The molecule has 128 valence electrons. The predicted molar refractivity (Wildman–Crippen MR) is 99.1 cm³/mol. The molecule has 0 saturated heterocycles. The van der Waals surface area contributed by atoms with Crippen LogP contribution in [0.2, 0.25) is 5.02 Å². The highest BCUT2D eigenvalue weighted by atomic mass is 35.5. The number of halogens is 1. The van der Waals surface area contributed by atoms with E-state index >= 15 is 0 Å². The Bertz CT molecular complexity index is 966. The van der Waals surface area contributed by atoms with E-state index in [0.717, 1.165) is 5.56 Å². The van der Waals surface area contributed by atoms with E-state index in [1.165, 1.54) is 12.4 Å². The first-order chi connectivity index (χ1) is 12.7. The first-order valence-corrected chi connectivity index (χ1v) is 8.15. The Kier molecular flexibility index (Phi) is 5.42. The van der Waals surface area contributed by atoms with Gasteiger partial charge in [-0.1, -0.05) is 41.9 Å². The second-order valence-electron chi connectivity index (χ2n) is 5.34. The van der Waals surface area contributed by atoms with Gasteiger partial charge in [0.25, 0.3) is 5.91 Å². The van der Waals surface area contributed by atoms with Gasteiger partial charge in [-0.05, 0) is 23.8 Å². The minimum atomic E-state index is -0.346. The van der Waals surface area contributed by atoms with Crippen LogP contribution in [0.1, 0.15) is 21.6 Å². The summed E-state index contributed by atoms with van der Waals surface area (Å²) in [5, 5.41) is 15.5. The lowest BCUT2D eigenvalue weighted by Crippen LogP contribution is -2.24. The number of para-hydroxylation sites is 1. The summed E-state index contributed by atoms with van der Waals surface area (Å²) in [6.45, 7) is 0.301. The van der Waals surface area contributed by atoms with Crippen LogP contribution in [0.3, 0.4) is 0 Å². The van der Waals surface area contributed by atoms with Gasteiger partial charge < -0.3 is 10.6 Å². The normalized spacial score (nSPS) is 10.0. The van der Waals surface area contributed by atoms with Crippen LogP contribution in [0.25, 0.3) is 0 Å². The second kappa shape index (κ2) is 8.10. The van der Waals surface area contributed by atoms with E-state index < -0.39 is 0 Å².